The third-order valence-electron chi connectivity index (χ3n) is 3.57. The first kappa shape index (κ1) is 17.9. The van der Waals surface area contributed by atoms with Gasteiger partial charge in [0, 0.05) is 18.8 Å². The number of carbonyl (C=O) groups is 1. The fourth-order valence-electron chi connectivity index (χ4n) is 2.25. The molecular weight excluding hydrogens is 302 g/mol. The van der Waals surface area contributed by atoms with Crippen LogP contribution in [0.4, 0.5) is 11.5 Å². The zero-order valence-corrected chi connectivity index (χ0v) is 14.7. The van der Waals surface area contributed by atoms with Crippen LogP contribution in [0.25, 0.3) is 0 Å². The Labute approximate surface area is 143 Å². The summed E-state index contributed by atoms with van der Waals surface area (Å²) in [7, 11) is 3.92. The Bertz CT molecular complexity index is 667. The van der Waals surface area contributed by atoms with Crippen LogP contribution in [0.1, 0.15) is 35.8 Å². The first-order chi connectivity index (χ1) is 11.5. The topological polar surface area (TPSA) is 70.2 Å². The molecule has 0 fully saturated rings. The fraction of sp³-hybridized carbons (Fsp3) is 0.389. The highest BCUT2D eigenvalue weighted by Crippen LogP contribution is 2.25. The molecule has 0 radical (unpaired) electrons. The molecule has 1 amide bonds. The van der Waals surface area contributed by atoms with E-state index in [0.717, 1.165) is 12.2 Å². The number of hydrogen-bond acceptors (Lipinski definition) is 5. The van der Waals surface area contributed by atoms with Crippen LogP contribution in [-0.4, -0.2) is 48.0 Å². The maximum absolute atomic E-state index is 12.0. The summed E-state index contributed by atoms with van der Waals surface area (Å²) in [5.41, 5.74) is 2.53. The molecule has 6 nitrogen and oxygen atoms in total. The summed E-state index contributed by atoms with van der Waals surface area (Å²) in [6, 6.07) is 8.10. The molecule has 1 aromatic carbocycles. The summed E-state index contributed by atoms with van der Waals surface area (Å²) in [5, 5.41) is 6.09. The number of hydrogen-bond donors (Lipinski definition) is 2. The van der Waals surface area contributed by atoms with Gasteiger partial charge in [0.1, 0.15) is 11.5 Å². The molecule has 0 unspecified atom stereocenters. The van der Waals surface area contributed by atoms with Crippen molar-refractivity contribution in [2.45, 2.75) is 19.8 Å². The normalized spacial score (nSPS) is 10.9. The van der Waals surface area contributed by atoms with Crippen LogP contribution >= 0.6 is 0 Å². The summed E-state index contributed by atoms with van der Waals surface area (Å²) >= 11 is 0. The Morgan fingerprint density at radius 3 is 2.54 bits per heavy atom. The van der Waals surface area contributed by atoms with E-state index in [1.165, 1.54) is 11.8 Å². The highest BCUT2D eigenvalue weighted by atomic mass is 16.1. The number of aromatic nitrogens is 2. The molecule has 0 bridgehead atoms. The van der Waals surface area contributed by atoms with Gasteiger partial charge in [0.15, 0.2) is 0 Å². The van der Waals surface area contributed by atoms with Crippen molar-refractivity contribution in [1.82, 2.24) is 20.2 Å². The van der Waals surface area contributed by atoms with Gasteiger partial charge in [0.05, 0.1) is 12.4 Å². The molecule has 0 aliphatic heterocycles. The second-order valence-corrected chi connectivity index (χ2v) is 6.21. The van der Waals surface area contributed by atoms with Crippen molar-refractivity contribution in [1.29, 1.82) is 0 Å². The van der Waals surface area contributed by atoms with Crippen molar-refractivity contribution in [2.24, 2.45) is 0 Å². The quantitative estimate of drug-likeness (QED) is 0.818. The average molecular weight is 327 g/mol. The van der Waals surface area contributed by atoms with Crippen molar-refractivity contribution in [3.05, 3.63) is 47.9 Å². The molecular formula is C18H25N5O. The van der Waals surface area contributed by atoms with E-state index < -0.39 is 0 Å². The summed E-state index contributed by atoms with van der Waals surface area (Å²) in [6.45, 7) is 5.65. The highest BCUT2D eigenvalue weighted by Gasteiger charge is 2.09. The van der Waals surface area contributed by atoms with Gasteiger partial charge in [-0.15, -0.1) is 0 Å². The lowest BCUT2D eigenvalue weighted by molar-refractivity contribution is 0.0945. The van der Waals surface area contributed by atoms with E-state index in [9.17, 15) is 4.79 Å². The largest absolute Gasteiger partial charge is 0.349 e. The predicted octanol–water partition coefficient (Wildman–Crippen LogP) is 2.64. The highest BCUT2D eigenvalue weighted by molar-refractivity contribution is 5.92. The van der Waals surface area contributed by atoms with Crippen LogP contribution in [0.2, 0.25) is 0 Å². The molecule has 0 aliphatic carbocycles. The minimum absolute atomic E-state index is 0.210. The van der Waals surface area contributed by atoms with E-state index in [1.54, 1.807) is 6.20 Å². The summed E-state index contributed by atoms with van der Waals surface area (Å²) in [5.74, 6) is 0.815. The number of likely N-dealkylation sites (N-methyl/N-ethyl adjacent to an activating group) is 1. The molecule has 6 heteroatoms. The summed E-state index contributed by atoms with van der Waals surface area (Å²) in [6.07, 6.45) is 3.07. The first-order valence-corrected chi connectivity index (χ1v) is 8.08. The molecule has 24 heavy (non-hydrogen) atoms. The number of anilines is 2. The van der Waals surface area contributed by atoms with Crippen molar-refractivity contribution in [3.8, 4) is 0 Å². The maximum Gasteiger partial charge on any atom is 0.271 e. The Kier molecular flexibility index (Phi) is 6.26. The minimum atomic E-state index is -0.210. The van der Waals surface area contributed by atoms with Gasteiger partial charge in [-0.25, -0.2) is 9.97 Å². The van der Waals surface area contributed by atoms with Gasteiger partial charge in [0.25, 0.3) is 5.91 Å². The number of nitrogens with zero attached hydrogens (tertiary/aromatic N) is 3. The molecule has 0 aliphatic rings. The Hall–Kier alpha value is -2.47. The SMILES string of the molecule is CC(C)c1ccccc1Nc1cnc(C(=O)NCCN(C)C)cn1. The number of rotatable bonds is 7. The Balaban J connectivity index is 2.01. The van der Waals surface area contributed by atoms with Crippen LogP contribution in [0.15, 0.2) is 36.7 Å². The van der Waals surface area contributed by atoms with E-state index in [-0.39, 0.29) is 5.91 Å². The number of nitrogens with one attached hydrogen (secondary N) is 2. The van der Waals surface area contributed by atoms with Gasteiger partial charge >= 0.3 is 0 Å². The molecule has 128 valence electrons. The fourth-order valence-corrected chi connectivity index (χ4v) is 2.25. The van der Waals surface area contributed by atoms with Crippen molar-refractivity contribution in [2.75, 3.05) is 32.5 Å². The maximum atomic E-state index is 12.0. The van der Waals surface area contributed by atoms with Crippen LogP contribution in [0, 0.1) is 0 Å². The van der Waals surface area contributed by atoms with Gasteiger partial charge in [-0.1, -0.05) is 32.0 Å². The van der Waals surface area contributed by atoms with Crippen LogP contribution < -0.4 is 10.6 Å². The summed E-state index contributed by atoms with van der Waals surface area (Å²) < 4.78 is 0. The van der Waals surface area contributed by atoms with Crippen LogP contribution in [-0.2, 0) is 0 Å². The monoisotopic (exact) mass is 327 g/mol. The zero-order chi connectivity index (χ0) is 17.5. The zero-order valence-electron chi connectivity index (χ0n) is 14.7. The van der Waals surface area contributed by atoms with Crippen LogP contribution in [0.3, 0.4) is 0 Å². The van der Waals surface area contributed by atoms with Crippen molar-refractivity contribution in [3.63, 3.8) is 0 Å². The second-order valence-electron chi connectivity index (χ2n) is 6.21. The van der Waals surface area contributed by atoms with Gasteiger partial charge in [-0.2, -0.15) is 0 Å². The number of para-hydroxylation sites is 1. The lowest BCUT2D eigenvalue weighted by atomic mass is 10.0. The predicted molar refractivity (Wildman–Crippen MR) is 96.7 cm³/mol. The van der Waals surface area contributed by atoms with Gasteiger partial charge < -0.3 is 15.5 Å². The van der Waals surface area contributed by atoms with Crippen molar-refractivity contribution < 1.29 is 4.79 Å². The standard InChI is InChI=1S/C18H25N5O/c1-13(2)14-7-5-6-8-15(14)22-17-12-20-16(11-21-17)18(24)19-9-10-23(3)4/h5-8,11-13H,9-10H2,1-4H3,(H,19,24)(H,21,22). The molecule has 1 aromatic heterocycles. The number of carbonyl (C=O) groups excluding carboxylic acids is 1. The van der Waals surface area contributed by atoms with Gasteiger partial charge in [0.2, 0.25) is 0 Å². The van der Waals surface area contributed by atoms with E-state index in [1.807, 2.05) is 37.2 Å². The molecule has 1 heterocycles. The molecule has 0 atom stereocenters. The average Bonchev–Trinajstić information content (AvgIpc) is 2.55. The molecule has 2 aromatic rings. The number of benzene rings is 1. The third-order valence-corrected chi connectivity index (χ3v) is 3.57. The van der Waals surface area contributed by atoms with E-state index >= 15 is 0 Å². The molecule has 2 rings (SSSR count). The van der Waals surface area contributed by atoms with E-state index in [4.69, 9.17) is 0 Å². The first-order valence-electron chi connectivity index (χ1n) is 8.08. The molecule has 0 saturated heterocycles. The molecule has 0 spiro atoms. The second kappa shape index (κ2) is 8.40. The lowest BCUT2D eigenvalue weighted by Crippen LogP contribution is -2.31. The third kappa shape index (κ3) is 5.03. The van der Waals surface area contributed by atoms with Gasteiger partial charge in [-0.3, -0.25) is 4.79 Å². The Morgan fingerprint density at radius 1 is 1.17 bits per heavy atom. The lowest BCUT2D eigenvalue weighted by Gasteiger charge is -2.14. The molecule has 2 N–H and O–H groups in total. The van der Waals surface area contributed by atoms with E-state index in [0.29, 0.717) is 24.0 Å². The minimum Gasteiger partial charge on any atom is -0.349 e. The number of amides is 1. The Morgan fingerprint density at radius 2 is 1.92 bits per heavy atom. The van der Waals surface area contributed by atoms with Crippen LogP contribution in [0.5, 0.6) is 0 Å². The van der Waals surface area contributed by atoms with E-state index in [2.05, 4.69) is 40.5 Å². The van der Waals surface area contributed by atoms with Crippen molar-refractivity contribution >= 4 is 17.4 Å². The molecule has 0 saturated carbocycles. The van der Waals surface area contributed by atoms with Gasteiger partial charge in [-0.05, 0) is 31.6 Å². The summed E-state index contributed by atoms with van der Waals surface area (Å²) in [4.78, 5) is 22.5. The smallest absolute Gasteiger partial charge is 0.271 e.